The van der Waals surface area contributed by atoms with Crippen LogP contribution in [0.25, 0.3) is 0 Å². The number of carbonyl (C=O) groups excluding carboxylic acids is 2. The molecule has 8 heteroatoms. The zero-order chi connectivity index (χ0) is 24.8. The summed E-state index contributed by atoms with van der Waals surface area (Å²) in [6.45, 7) is 0.333. The fourth-order valence-corrected chi connectivity index (χ4v) is 5.24. The summed E-state index contributed by atoms with van der Waals surface area (Å²) in [4.78, 5) is 27.8. The molecule has 0 radical (unpaired) electrons. The van der Waals surface area contributed by atoms with Crippen molar-refractivity contribution in [1.29, 1.82) is 5.26 Å². The summed E-state index contributed by atoms with van der Waals surface area (Å²) in [5, 5.41) is 12.8. The van der Waals surface area contributed by atoms with Crippen LogP contribution in [0, 0.1) is 17.1 Å². The lowest BCUT2D eigenvalue weighted by molar-refractivity contribution is -0.117. The van der Waals surface area contributed by atoms with Gasteiger partial charge in [0.1, 0.15) is 22.5 Å². The van der Waals surface area contributed by atoms with Crippen LogP contribution in [0.1, 0.15) is 11.1 Å². The molecule has 0 saturated carbocycles. The molecule has 1 saturated heterocycles. The lowest BCUT2D eigenvalue weighted by Gasteiger charge is -2.18. The first-order valence-electron chi connectivity index (χ1n) is 10.9. The average molecular weight is 506 g/mol. The van der Waals surface area contributed by atoms with Gasteiger partial charge in [0.2, 0.25) is 5.91 Å². The van der Waals surface area contributed by atoms with E-state index in [4.69, 9.17) is 11.6 Å². The first-order valence-corrected chi connectivity index (χ1v) is 12.2. The van der Waals surface area contributed by atoms with Gasteiger partial charge in [-0.25, -0.2) is 4.39 Å². The fraction of sp³-hybridized carbons (Fsp3) is 0.148. The van der Waals surface area contributed by atoms with E-state index in [1.54, 1.807) is 12.1 Å². The number of nitrogens with one attached hydrogen (secondary N) is 1. The summed E-state index contributed by atoms with van der Waals surface area (Å²) in [5.74, 6) is -1.32. The molecule has 0 aliphatic carbocycles. The number of hydrogen-bond acceptors (Lipinski definition) is 4. The van der Waals surface area contributed by atoms with Gasteiger partial charge in [-0.15, -0.1) is 0 Å². The van der Waals surface area contributed by atoms with E-state index >= 15 is 0 Å². The van der Waals surface area contributed by atoms with Crippen molar-refractivity contribution >= 4 is 40.9 Å². The van der Waals surface area contributed by atoms with Crippen LogP contribution in [0.5, 0.6) is 0 Å². The van der Waals surface area contributed by atoms with E-state index in [9.17, 15) is 19.2 Å². The largest absolute Gasteiger partial charge is 0.351 e. The molecule has 0 aromatic heterocycles. The first-order chi connectivity index (χ1) is 17.0. The number of carbonyl (C=O) groups is 2. The van der Waals surface area contributed by atoms with Gasteiger partial charge in [-0.1, -0.05) is 71.9 Å². The maximum Gasteiger partial charge on any atom is 0.264 e. The van der Waals surface area contributed by atoms with Crippen molar-refractivity contribution in [2.45, 2.75) is 18.1 Å². The highest BCUT2D eigenvalue weighted by atomic mass is 35.5. The van der Waals surface area contributed by atoms with Crippen LogP contribution in [0.4, 0.5) is 10.1 Å². The van der Waals surface area contributed by atoms with Gasteiger partial charge in [-0.05, 0) is 54.3 Å². The molecule has 1 heterocycles. The minimum Gasteiger partial charge on any atom is -0.351 e. The summed E-state index contributed by atoms with van der Waals surface area (Å²) < 4.78 is 13.6. The number of benzene rings is 3. The number of anilines is 1. The second kappa shape index (κ2) is 11.2. The zero-order valence-electron chi connectivity index (χ0n) is 18.6. The Morgan fingerprint density at radius 2 is 1.74 bits per heavy atom. The van der Waals surface area contributed by atoms with Gasteiger partial charge >= 0.3 is 0 Å². The summed E-state index contributed by atoms with van der Waals surface area (Å²) in [6.07, 6.45) is 0.919. The monoisotopic (exact) mass is 505 g/mol. The van der Waals surface area contributed by atoms with Crippen molar-refractivity contribution in [3.63, 3.8) is 0 Å². The fourth-order valence-electron chi connectivity index (χ4n) is 3.73. The van der Waals surface area contributed by atoms with Crippen molar-refractivity contribution in [2.75, 3.05) is 11.4 Å². The molecule has 1 N–H and O–H groups in total. The quantitative estimate of drug-likeness (QED) is 0.351. The Morgan fingerprint density at radius 1 is 1.06 bits per heavy atom. The second-order valence-electron chi connectivity index (χ2n) is 7.84. The molecule has 3 aromatic rings. The Labute approximate surface area is 212 Å². The molecule has 0 spiro atoms. The van der Waals surface area contributed by atoms with E-state index < -0.39 is 17.0 Å². The summed E-state index contributed by atoms with van der Waals surface area (Å²) in [6, 6.07) is 24.2. The lowest BCUT2D eigenvalue weighted by Crippen LogP contribution is -2.32. The minimum absolute atomic E-state index is 0.164. The van der Waals surface area contributed by atoms with Crippen molar-refractivity contribution in [1.82, 2.24) is 5.32 Å². The molecule has 35 heavy (non-hydrogen) atoms. The number of hydrogen-bond donors (Lipinski definition) is 1. The third-order valence-electron chi connectivity index (χ3n) is 5.50. The molecule has 1 aliphatic rings. The Kier molecular flexibility index (Phi) is 7.86. The minimum atomic E-state index is -0.601. The van der Waals surface area contributed by atoms with Gasteiger partial charge in [-0.3, -0.25) is 14.5 Å². The molecule has 0 bridgehead atoms. The Morgan fingerprint density at radius 3 is 2.43 bits per heavy atom. The molecule has 176 valence electrons. The normalized spacial score (nSPS) is 16.7. The highest BCUT2D eigenvalue weighted by Gasteiger charge is 2.41. The number of thioether (sulfide) groups is 1. The molecule has 4 rings (SSSR count). The molecule has 3 aromatic carbocycles. The molecule has 5 nitrogen and oxygen atoms in total. The molecule has 1 atom stereocenters. The maximum absolute atomic E-state index is 13.6. The van der Waals surface area contributed by atoms with Crippen LogP contribution in [0.3, 0.4) is 0 Å². The standard InChI is InChI=1S/C27H21ClFN3O2S/c28-23-9-5-4-8-19(23)16-24-26(34)32(21-12-10-20(29)11-13-21)27(35-24)22(17-30)25(33)31-15-14-18-6-2-1-3-7-18/h1-13,24H,14-16H2,(H,31,33)/b27-22-/t24-/m1/s1. The van der Waals surface area contributed by atoms with E-state index in [-0.39, 0.29) is 16.5 Å². The predicted molar refractivity (Wildman–Crippen MR) is 136 cm³/mol. The number of rotatable bonds is 7. The van der Waals surface area contributed by atoms with E-state index in [1.807, 2.05) is 48.5 Å². The third-order valence-corrected chi connectivity index (χ3v) is 7.13. The van der Waals surface area contributed by atoms with Gasteiger partial charge in [0.15, 0.2) is 0 Å². The van der Waals surface area contributed by atoms with Gasteiger partial charge in [0, 0.05) is 17.3 Å². The predicted octanol–water partition coefficient (Wildman–Crippen LogP) is 5.26. The highest BCUT2D eigenvalue weighted by Crippen LogP contribution is 2.42. The van der Waals surface area contributed by atoms with Gasteiger partial charge in [0.25, 0.3) is 5.91 Å². The van der Waals surface area contributed by atoms with E-state index in [1.165, 1.54) is 29.2 Å². The Balaban J connectivity index is 1.62. The molecule has 0 unspecified atom stereocenters. The number of nitrogens with zero attached hydrogens (tertiary/aromatic N) is 2. The lowest BCUT2D eigenvalue weighted by atomic mass is 10.1. The highest BCUT2D eigenvalue weighted by molar-refractivity contribution is 8.05. The van der Waals surface area contributed by atoms with Crippen LogP contribution in [0.2, 0.25) is 5.02 Å². The van der Waals surface area contributed by atoms with Gasteiger partial charge in [-0.2, -0.15) is 5.26 Å². The summed E-state index contributed by atoms with van der Waals surface area (Å²) in [5.41, 5.74) is 2.05. The van der Waals surface area contributed by atoms with Crippen molar-refractivity contribution in [3.8, 4) is 6.07 Å². The van der Waals surface area contributed by atoms with Crippen LogP contribution in [-0.4, -0.2) is 23.6 Å². The smallest absolute Gasteiger partial charge is 0.264 e. The van der Waals surface area contributed by atoms with E-state index in [2.05, 4.69) is 5.32 Å². The van der Waals surface area contributed by atoms with Gasteiger partial charge in [0.05, 0.1) is 5.25 Å². The van der Waals surface area contributed by atoms with E-state index in [0.29, 0.717) is 30.1 Å². The summed E-state index contributed by atoms with van der Waals surface area (Å²) in [7, 11) is 0. The van der Waals surface area contributed by atoms with Gasteiger partial charge < -0.3 is 5.32 Å². The molecular formula is C27H21ClFN3O2S. The van der Waals surface area contributed by atoms with Crippen molar-refractivity contribution in [2.24, 2.45) is 0 Å². The maximum atomic E-state index is 13.6. The van der Waals surface area contributed by atoms with Crippen molar-refractivity contribution < 1.29 is 14.0 Å². The van der Waals surface area contributed by atoms with Crippen LogP contribution >= 0.6 is 23.4 Å². The number of nitriles is 1. The third kappa shape index (κ3) is 5.73. The van der Waals surface area contributed by atoms with Crippen LogP contribution < -0.4 is 10.2 Å². The second-order valence-corrected chi connectivity index (χ2v) is 9.43. The SMILES string of the molecule is N#C/C(C(=O)NCCc1ccccc1)=C1/S[C@H](Cc2ccccc2Cl)C(=O)N1c1ccc(F)cc1. The molecule has 2 amide bonds. The first kappa shape index (κ1) is 24.5. The summed E-state index contributed by atoms with van der Waals surface area (Å²) >= 11 is 7.44. The molecular weight excluding hydrogens is 485 g/mol. The van der Waals surface area contributed by atoms with Crippen LogP contribution in [-0.2, 0) is 22.4 Å². The number of halogens is 2. The average Bonchev–Trinajstić information content (AvgIpc) is 3.17. The number of amides is 2. The molecule has 1 aliphatic heterocycles. The zero-order valence-corrected chi connectivity index (χ0v) is 20.2. The van der Waals surface area contributed by atoms with E-state index in [0.717, 1.165) is 22.9 Å². The van der Waals surface area contributed by atoms with Crippen LogP contribution in [0.15, 0.2) is 89.5 Å². The Bertz CT molecular complexity index is 1310. The molecule has 1 fully saturated rings. The van der Waals surface area contributed by atoms with Crippen molar-refractivity contribution in [3.05, 3.63) is 111 Å². The Hall–Kier alpha value is -3.60. The topological polar surface area (TPSA) is 73.2 Å².